The summed E-state index contributed by atoms with van der Waals surface area (Å²) in [5.74, 6) is 2.73. The molecule has 0 radical (unpaired) electrons. The predicted molar refractivity (Wildman–Crippen MR) is 49.3 cm³/mol. The van der Waals surface area contributed by atoms with E-state index < -0.39 is 0 Å². The van der Waals surface area contributed by atoms with Crippen LogP contribution in [0.3, 0.4) is 0 Å². The van der Waals surface area contributed by atoms with Crippen LogP contribution < -0.4 is 5.73 Å². The summed E-state index contributed by atoms with van der Waals surface area (Å²) >= 11 is 0. The number of rotatable bonds is 4. The Balaban J connectivity index is 2.24. The Hall–Kier alpha value is -0.0400. The van der Waals surface area contributed by atoms with Gasteiger partial charge in [-0.25, -0.2) is 0 Å². The van der Waals surface area contributed by atoms with Crippen LogP contribution in [0.2, 0.25) is 0 Å². The molecule has 2 N–H and O–H groups in total. The van der Waals surface area contributed by atoms with Gasteiger partial charge in [-0.2, -0.15) is 0 Å². The fourth-order valence-electron chi connectivity index (χ4n) is 2.31. The molecule has 0 aromatic rings. The molecule has 0 heterocycles. The summed E-state index contributed by atoms with van der Waals surface area (Å²) in [5.41, 5.74) is 5.66. The van der Waals surface area contributed by atoms with Crippen molar-refractivity contribution in [3.63, 3.8) is 0 Å². The predicted octanol–water partition coefficient (Wildman–Crippen LogP) is 2.41. The van der Waals surface area contributed by atoms with Crippen molar-refractivity contribution in [2.75, 3.05) is 6.54 Å². The van der Waals surface area contributed by atoms with Crippen molar-refractivity contribution in [3.05, 3.63) is 0 Å². The smallest absolute Gasteiger partial charge is 0.00461 e. The zero-order chi connectivity index (χ0) is 8.27. The lowest BCUT2D eigenvalue weighted by Gasteiger charge is -2.40. The standard InChI is InChI=1S/C10H21N/c1-3-4-8(2)10-6-5-9(10)7-11/h8-10H,3-7,11H2,1-2H3. The van der Waals surface area contributed by atoms with Crippen molar-refractivity contribution in [2.45, 2.75) is 39.5 Å². The lowest BCUT2D eigenvalue weighted by molar-refractivity contribution is 0.114. The maximum atomic E-state index is 5.66. The van der Waals surface area contributed by atoms with Crippen LogP contribution in [0.4, 0.5) is 0 Å². The molecule has 0 aromatic carbocycles. The quantitative estimate of drug-likeness (QED) is 0.663. The maximum Gasteiger partial charge on any atom is -0.00461 e. The van der Waals surface area contributed by atoms with Gasteiger partial charge in [0.25, 0.3) is 0 Å². The van der Waals surface area contributed by atoms with Crippen molar-refractivity contribution in [1.29, 1.82) is 0 Å². The highest BCUT2D eigenvalue weighted by atomic mass is 14.6. The van der Waals surface area contributed by atoms with E-state index in [0.29, 0.717) is 0 Å². The second-order valence-electron chi connectivity index (χ2n) is 4.00. The highest BCUT2D eigenvalue weighted by molar-refractivity contribution is 4.84. The van der Waals surface area contributed by atoms with Gasteiger partial charge in [-0.05, 0) is 37.1 Å². The Morgan fingerprint density at radius 2 is 2.18 bits per heavy atom. The lowest BCUT2D eigenvalue weighted by Crippen LogP contribution is -2.36. The van der Waals surface area contributed by atoms with Crippen LogP contribution in [0.15, 0.2) is 0 Å². The van der Waals surface area contributed by atoms with Gasteiger partial charge in [0, 0.05) is 0 Å². The summed E-state index contributed by atoms with van der Waals surface area (Å²) in [6, 6.07) is 0. The minimum Gasteiger partial charge on any atom is -0.330 e. The minimum absolute atomic E-state index is 0.858. The molecule has 0 bridgehead atoms. The zero-order valence-electron chi connectivity index (χ0n) is 7.84. The van der Waals surface area contributed by atoms with Gasteiger partial charge in [0.1, 0.15) is 0 Å². The first kappa shape index (κ1) is 9.05. The van der Waals surface area contributed by atoms with E-state index >= 15 is 0 Å². The summed E-state index contributed by atoms with van der Waals surface area (Å²) in [6.45, 7) is 5.57. The lowest BCUT2D eigenvalue weighted by atomic mass is 9.66. The van der Waals surface area contributed by atoms with Crippen LogP contribution in [-0.2, 0) is 0 Å². The number of hydrogen-bond donors (Lipinski definition) is 1. The molecule has 66 valence electrons. The summed E-state index contributed by atoms with van der Waals surface area (Å²) in [4.78, 5) is 0. The Morgan fingerprint density at radius 3 is 2.55 bits per heavy atom. The number of nitrogens with two attached hydrogens (primary N) is 1. The first-order valence-corrected chi connectivity index (χ1v) is 4.99. The van der Waals surface area contributed by atoms with Crippen LogP contribution in [0.1, 0.15) is 39.5 Å². The molecule has 1 aliphatic carbocycles. The van der Waals surface area contributed by atoms with Crippen LogP contribution in [0.5, 0.6) is 0 Å². The highest BCUT2D eigenvalue weighted by Gasteiger charge is 2.32. The van der Waals surface area contributed by atoms with E-state index in [-0.39, 0.29) is 0 Å². The van der Waals surface area contributed by atoms with Gasteiger partial charge in [-0.1, -0.05) is 26.7 Å². The second kappa shape index (κ2) is 4.10. The third-order valence-corrected chi connectivity index (χ3v) is 3.25. The normalized spacial score (nSPS) is 33.0. The van der Waals surface area contributed by atoms with E-state index in [1.165, 1.54) is 25.7 Å². The molecule has 1 aliphatic rings. The second-order valence-corrected chi connectivity index (χ2v) is 4.00. The van der Waals surface area contributed by atoms with Crippen LogP contribution >= 0.6 is 0 Å². The Bertz CT molecular complexity index is 109. The molecular formula is C10H21N. The Kier molecular flexibility index (Phi) is 3.38. The van der Waals surface area contributed by atoms with Gasteiger partial charge in [0.2, 0.25) is 0 Å². The molecule has 1 saturated carbocycles. The van der Waals surface area contributed by atoms with Gasteiger partial charge in [-0.15, -0.1) is 0 Å². The fraction of sp³-hybridized carbons (Fsp3) is 1.00. The SMILES string of the molecule is CCCC(C)C1CCC1CN. The van der Waals surface area contributed by atoms with Gasteiger partial charge >= 0.3 is 0 Å². The minimum atomic E-state index is 0.858. The molecule has 0 amide bonds. The van der Waals surface area contributed by atoms with Gasteiger partial charge in [0.15, 0.2) is 0 Å². The van der Waals surface area contributed by atoms with Crippen molar-refractivity contribution >= 4 is 0 Å². The van der Waals surface area contributed by atoms with Crippen LogP contribution in [0, 0.1) is 17.8 Å². The monoisotopic (exact) mass is 155 g/mol. The van der Waals surface area contributed by atoms with E-state index in [2.05, 4.69) is 13.8 Å². The molecule has 1 rings (SSSR count). The van der Waals surface area contributed by atoms with Gasteiger partial charge in [-0.3, -0.25) is 0 Å². The third kappa shape index (κ3) is 1.96. The van der Waals surface area contributed by atoms with Gasteiger partial charge < -0.3 is 5.73 Å². The highest BCUT2D eigenvalue weighted by Crippen LogP contribution is 2.40. The molecule has 0 aliphatic heterocycles. The average Bonchev–Trinajstić information content (AvgIpc) is 1.86. The molecule has 3 atom stereocenters. The topological polar surface area (TPSA) is 26.0 Å². The molecule has 0 saturated heterocycles. The van der Waals surface area contributed by atoms with Crippen molar-refractivity contribution in [3.8, 4) is 0 Å². The van der Waals surface area contributed by atoms with E-state index in [4.69, 9.17) is 5.73 Å². The van der Waals surface area contributed by atoms with Crippen molar-refractivity contribution < 1.29 is 0 Å². The largest absolute Gasteiger partial charge is 0.330 e. The molecule has 0 spiro atoms. The average molecular weight is 155 g/mol. The maximum absolute atomic E-state index is 5.66. The summed E-state index contributed by atoms with van der Waals surface area (Å²) in [6.07, 6.45) is 5.54. The van der Waals surface area contributed by atoms with Crippen molar-refractivity contribution in [1.82, 2.24) is 0 Å². The van der Waals surface area contributed by atoms with E-state index in [0.717, 1.165) is 24.3 Å². The summed E-state index contributed by atoms with van der Waals surface area (Å²) in [5, 5.41) is 0. The van der Waals surface area contributed by atoms with Crippen molar-refractivity contribution in [2.24, 2.45) is 23.5 Å². The number of hydrogen-bond acceptors (Lipinski definition) is 1. The molecule has 11 heavy (non-hydrogen) atoms. The van der Waals surface area contributed by atoms with E-state index in [1.807, 2.05) is 0 Å². The first-order chi connectivity index (χ1) is 5.29. The summed E-state index contributed by atoms with van der Waals surface area (Å²) < 4.78 is 0. The fourth-order valence-corrected chi connectivity index (χ4v) is 2.31. The van der Waals surface area contributed by atoms with E-state index in [1.54, 1.807) is 0 Å². The molecule has 1 fully saturated rings. The molecule has 1 heteroatoms. The van der Waals surface area contributed by atoms with Crippen LogP contribution in [0.25, 0.3) is 0 Å². The van der Waals surface area contributed by atoms with Gasteiger partial charge in [0.05, 0.1) is 0 Å². The molecule has 1 nitrogen and oxygen atoms in total. The summed E-state index contributed by atoms with van der Waals surface area (Å²) in [7, 11) is 0. The zero-order valence-corrected chi connectivity index (χ0v) is 7.84. The Labute approximate surface area is 70.4 Å². The first-order valence-electron chi connectivity index (χ1n) is 4.99. The van der Waals surface area contributed by atoms with Crippen LogP contribution in [-0.4, -0.2) is 6.54 Å². The molecular weight excluding hydrogens is 134 g/mol. The molecule has 3 unspecified atom stereocenters. The van der Waals surface area contributed by atoms with E-state index in [9.17, 15) is 0 Å². The molecule has 0 aromatic heterocycles. The third-order valence-electron chi connectivity index (χ3n) is 3.25. The Morgan fingerprint density at radius 1 is 1.45 bits per heavy atom.